The molecule has 23 heavy (non-hydrogen) atoms. The highest BCUT2D eigenvalue weighted by Crippen LogP contribution is 2.28. The van der Waals surface area contributed by atoms with Gasteiger partial charge in [0.05, 0.1) is 11.3 Å². The Balaban J connectivity index is 1.74. The molecule has 2 aromatic carbocycles. The maximum absolute atomic E-state index is 12.3. The van der Waals surface area contributed by atoms with Crippen molar-refractivity contribution >= 4 is 17.7 Å². The van der Waals surface area contributed by atoms with E-state index in [9.17, 15) is 9.59 Å². The van der Waals surface area contributed by atoms with Crippen LogP contribution in [-0.4, -0.2) is 23.7 Å². The molecule has 1 N–H and O–H groups in total. The molecule has 0 aromatic heterocycles. The summed E-state index contributed by atoms with van der Waals surface area (Å²) >= 11 is 0. The number of ether oxygens (including phenoxy) is 1. The number of rotatable bonds is 3. The molecule has 1 aliphatic rings. The number of hydrogen-bond donors (Lipinski definition) is 1. The molecule has 0 bridgehead atoms. The van der Waals surface area contributed by atoms with Gasteiger partial charge < -0.3 is 9.84 Å². The largest absolute Gasteiger partial charge is 0.478 e. The Labute approximate surface area is 134 Å². The lowest BCUT2D eigenvalue weighted by Gasteiger charge is -2.29. The fourth-order valence-corrected chi connectivity index (χ4v) is 2.72. The first-order chi connectivity index (χ1) is 11.1. The number of fused-ring (bicyclic) bond motifs is 1. The number of aryl methyl sites for hydroxylation is 1. The number of amides is 1. The van der Waals surface area contributed by atoms with E-state index < -0.39 is 12.1 Å². The Kier molecular flexibility index (Phi) is 4.28. The van der Waals surface area contributed by atoms with Crippen molar-refractivity contribution in [3.63, 3.8) is 0 Å². The van der Waals surface area contributed by atoms with Gasteiger partial charge in [0.15, 0.2) is 0 Å². The first-order valence-electron chi connectivity index (χ1n) is 7.49. The summed E-state index contributed by atoms with van der Waals surface area (Å²) in [5.41, 5.74) is 2.77. The molecule has 1 amide bonds. The molecule has 1 aliphatic heterocycles. The average Bonchev–Trinajstić information content (AvgIpc) is 2.59. The minimum atomic E-state index is -0.962. The summed E-state index contributed by atoms with van der Waals surface area (Å²) in [4.78, 5) is 25.0. The lowest BCUT2D eigenvalue weighted by Crippen LogP contribution is -2.36. The summed E-state index contributed by atoms with van der Waals surface area (Å²) < 4.78 is 5.37. The maximum Gasteiger partial charge on any atom is 0.414 e. The van der Waals surface area contributed by atoms with Crippen molar-refractivity contribution in [2.24, 2.45) is 0 Å². The van der Waals surface area contributed by atoms with Gasteiger partial charge in [-0.3, -0.25) is 4.90 Å². The molecule has 0 saturated heterocycles. The second-order valence-corrected chi connectivity index (χ2v) is 5.44. The van der Waals surface area contributed by atoms with Crippen LogP contribution < -0.4 is 4.90 Å². The van der Waals surface area contributed by atoms with Crippen LogP contribution in [0.5, 0.6) is 0 Å². The van der Waals surface area contributed by atoms with E-state index in [4.69, 9.17) is 9.84 Å². The van der Waals surface area contributed by atoms with Gasteiger partial charge in [0.1, 0.15) is 6.61 Å². The Hall–Kier alpha value is -2.82. The summed E-state index contributed by atoms with van der Waals surface area (Å²) in [5.74, 6) is -0.962. The molecular weight excluding hydrogens is 294 g/mol. The highest BCUT2D eigenvalue weighted by atomic mass is 16.6. The first-order valence-corrected chi connectivity index (χ1v) is 7.49. The number of benzene rings is 2. The molecule has 118 valence electrons. The van der Waals surface area contributed by atoms with Crippen LogP contribution in [0.3, 0.4) is 0 Å². The standard InChI is InChI=1S/C18H17NO4/c20-17(21)15-8-9-16-14(11-15)7-4-10-19(16)18(22)23-12-13-5-2-1-3-6-13/h1-3,5-6,8-9,11H,4,7,10,12H2,(H,20,21). The molecular formula is C18H17NO4. The van der Waals surface area contributed by atoms with Gasteiger partial charge in [0.2, 0.25) is 0 Å². The third-order valence-corrected chi connectivity index (χ3v) is 3.87. The van der Waals surface area contributed by atoms with Crippen molar-refractivity contribution in [1.82, 2.24) is 0 Å². The average molecular weight is 311 g/mol. The fourth-order valence-electron chi connectivity index (χ4n) is 2.72. The number of carbonyl (C=O) groups excluding carboxylic acids is 1. The highest BCUT2D eigenvalue weighted by Gasteiger charge is 2.24. The summed E-state index contributed by atoms with van der Waals surface area (Å²) in [7, 11) is 0. The topological polar surface area (TPSA) is 66.8 Å². The van der Waals surface area contributed by atoms with Crippen LogP contribution in [-0.2, 0) is 17.8 Å². The lowest BCUT2D eigenvalue weighted by molar-refractivity contribution is 0.0696. The van der Waals surface area contributed by atoms with Gasteiger partial charge in [-0.2, -0.15) is 0 Å². The van der Waals surface area contributed by atoms with E-state index in [1.165, 1.54) is 6.07 Å². The van der Waals surface area contributed by atoms with Gasteiger partial charge in [-0.15, -0.1) is 0 Å². The highest BCUT2D eigenvalue weighted by molar-refractivity contribution is 5.92. The Bertz CT molecular complexity index is 727. The van der Waals surface area contributed by atoms with Crippen molar-refractivity contribution in [2.75, 3.05) is 11.4 Å². The van der Waals surface area contributed by atoms with Gasteiger partial charge in [0.25, 0.3) is 0 Å². The zero-order valence-corrected chi connectivity index (χ0v) is 12.6. The fraction of sp³-hybridized carbons (Fsp3) is 0.222. The van der Waals surface area contributed by atoms with E-state index in [2.05, 4.69) is 0 Å². The zero-order valence-electron chi connectivity index (χ0n) is 12.6. The van der Waals surface area contributed by atoms with Crippen LogP contribution in [0.15, 0.2) is 48.5 Å². The second kappa shape index (κ2) is 6.52. The first kappa shape index (κ1) is 15.1. The van der Waals surface area contributed by atoms with Crippen LogP contribution in [0.4, 0.5) is 10.5 Å². The van der Waals surface area contributed by atoms with Crippen molar-refractivity contribution in [2.45, 2.75) is 19.4 Å². The van der Waals surface area contributed by atoms with E-state index in [-0.39, 0.29) is 12.2 Å². The van der Waals surface area contributed by atoms with Crippen molar-refractivity contribution in [1.29, 1.82) is 0 Å². The van der Waals surface area contributed by atoms with Crippen LogP contribution in [0, 0.1) is 0 Å². The number of aromatic carboxylic acids is 1. The molecule has 0 fully saturated rings. The predicted molar refractivity (Wildman–Crippen MR) is 85.7 cm³/mol. The molecule has 0 atom stereocenters. The van der Waals surface area contributed by atoms with Gasteiger partial charge in [0, 0.05) is 6.54 Å². The lowest BCUT2D eigenvalue weighted by atomic mass is 9.99. The second-order valence-electron chi connectivity index (χ2n) is 5.44. The summed E-state index contributed by atoms with van der Waals surface area (Å²) in [6.07, 6.45) is 1.15. The van der Waals surface area contributed by atoms with Gasteiger partial charge in [-0.25, -0.2) is 9.59 Å². The predicted octanol–water partition coefficient (Wildman–Crippen LogP) is 3.47. The van der Waals surface area contributed by atoms with Crippen LogP contribution in [0.1, 0.15) is 27.9 Å². The molecule has 1 heterocycles. The zero-order chi connectivity index (χ0) is 16.2. The minimum Gasteiger partial charge on any atom is -0.478 e. The molecule has 0 spiro atoms. The molecule has 3 rings (SSSR count). The number of nitrogens with zero attached hydrogens (tertiary/aromatic N) is 1. The maximum atomic E-state index is 12.3. The number of carboxylic acids is 1. The number of hydrogen-bond acceptors (Lipinski definition) is 3. The Morgan fingerprint density at radius 1 is 1.13 bits per heavy atom. The summed E-state index contributed by atoms with van der Waals surface area (Å²) in [6.45, 7) is 0.797. The molecule has 5 nitrogen and oxygen atoms in total. The molecule has 0 radical (unpaired) electrons. The van der Waals surface area contributed by atoms with E-state index in [1.807, 2.05) is 30.3 Å². The quantitative estimate of drug-likeness (QED) is 0.942. The summed E-state index contributed by atoms with van der Waals surface area (Å²) in [6, 6.07) is 14.3. The third kappa shape index (κ3) is 3.34. The van der Waals surface area contributed by atoms with Gasteiger partial charge in [-0.05, 0) is 42.2 Å². The van der Waals surface area contributed by atoms with Crippen LogP contribution >= 0.6 is 0 Å². The van der Waals surface area contributed by atoms with Crippen molar-refractivity contribution in [3.05, 3.63) is 65.2 Å². The van der Waals surface area contributed by atoms with E-state index >= 15 is 0 Å². The molecule has 0 aliphatic carbocycles. The van der Waals surface area contributed by atoms with E-state index in [0.717, 1.165) is 29.7 Å². The minimum absolute atomic E-state index is 0.221. The molecule has 5 heteroatoms. The molecule has 2 aromatic rings. The normalized spacial score (nSPS) is 13.3. The van der Waals surface area contributed by atoms with Gasteiger partial charge in [-0.1, -0.05) is 30.3 Å². The van der Waals surface area contributed by atoms with Gasteiger partial charge >= 0.3 is 12.1 Å². The van der Waals surface area contributed by atoms with Crippen molar-refractivity contribution in [3.8, 4) is 0 Å². The van der Waals surface area contributed by atoms with E-state index in [1.54, 1.807) is 17.0 Å². The molecule has 0 unspecified atom stereocenters. The van der Waals surface area contributed by atoms with Crippen LogP contribution in [0.2, 0.25) is 0 Å². The SMILES string of the molecule is O=C(O)c1ccc2c(c1)CCCN2C(=O)OCc1ccccc1. The van der Waals surface area contributed by atoms with Crippen molar-refractivity contribution < 1.29 is 19.4 Å². The van der Waals surface area contributed by atoms with E-state index in [0.29, 0.717) is 6.54 Å². The Morgan fingerprint density at radius 2 is 1.91 bits per heavy atom. The number of carboxylic acid groups (broad SMARTS) is 1. The number of carbonyl (C=O) groups is 2. The summed E-state index contributed by atoms with van der Waals surface area (Å²) in [5, 5.41) is 9.07. The molecule has 0 saturated carbocycles. The number of anilines is 1. The van der Waals surface area contributed by atoms with Crippen LogP contribution in [0.25, 0.3) is 0 Å². The monoisotopic (exact) mass is 311 g/mol. The third-order valence-electron chi connectivity index (χ3n) is 3.87. The smallest absolute Gasteiger partial charge is 0.414 e. The Morgan fingerprint density at radius 3 is 2.65 bits per heavy atom.